The van der Waals surface area contributed by atoms with E-state index in [0.29, 0.717) is 17.9 Å². The Bertz CT molecular complexity index is 689. The van der Waals surface area contributed by atoms with E-state index >= 15 is 0 Å². The van der Waals surface area contributed by atoms with Gasteiger partial charge < -0.3 is 15.2 Å². The van der Waals surface area contributed by atoms with Crippen molar-refractivity contribution in [3.05, 3.63) is 53.9 Å². The molecule has 0 bridgehead atoms. The molecule has 2 heterocycles. The average Bonchev–Trinajstić information content (AvgIpc) is 2.99. The first-order valence-electron chi connectivity index (χ1n) is 7.89. The molecule has 25 heavy (non-hydrogen) atoms. The third-order valence-corrected chi connectivity index (χ3v) is 4.25. The van der Waals surface area contributed by atoms with Crippen molar-refractivity contribution in [2.45, 2.75) is 18.9 Å². The van der Waals surface area contributed by atoms with Crippen molar-refractivity contribution in [3.8, 4) is 0 Å². The molecule has 5 nitrogen and oxygen atoms in total. The Morgan fingerprint density at radius 1 is 1.44 bits per heavy atom. The Balaban J connectivity index is 0.00000156. The molecule has 0 spiro atoms. The minimum Gasteiger partial charge on any atom is -0.342 e. The predicted molar refractivity (Wildman–Crippen MR) is 99.7 cm³/mol. The molecule has 1 saturated heterocycles. The Kier molecular flexibility index (Phi) is 8.35. The number of hydrogen-bond donors (Lipinski definition) is 2. The SMILES string of the molecule is Cl.Cl.Cn1ccnc1C(NC(=O)C1CCCNC1)c1cccc(F)c1. The fourth-order valence-corrected chi connectivity index (χ4v) is 2.97. The number of rotatable bonds is 4. The lowest BCUT2D eigenvalue weighted by molar-refractivity contribution is -0.126. The van der Waals surface area contributed by atoms with Crippen molar-refractivity contribution < 1.29 is 9.18 Å². The van der Waals surface area contributed by atoms with Crippen LogP contribution in [0.2, 0.25) is 0 Å². The van der Waals surface area contributed by atoms with Gasteiger partial charge in [0.15, 0.2) is 0 Å². The highest BCUT2D eigenvalue weighted by molar-refractivity contribution is 5.85. The van der Waals surface area contributed by atoms with E-state index in [-0.39, 0.29) is 42.5 Å². The number of nitrogens with one attached hydrogen (secondary N) is 2. The van der Waals surface area contributed by atoms with Crippen molar-refractivity contribution in [2.75, 3.05) is 13.1 Å². The van der Waals surface area contributed by atoms with Crippen LogP contribution in [-0.2, 0) is 11.8 Å². The summed E-state index contributed by atoms with van der Waals surface area (Å²) in [5.74, 6) is 0.289. The van der Waals surface area contributed by atoms with Crippen LogP contribution in [-0.4, -0.2) is 28.5 Å². The lowest BCUT2D eigenvalue weighted by Gasteiger charge is -2.25. The molecule has 1 aliphatic heterocycles. The molecule has 2 atom stereocenters. The number of carbonyl (C=O) groups is 1. The summed E-state index contributed by atoms with van der Waals surface area (Å²) in [6.45, 7) is 1.64. The maximum absolute atomic E-state index is 13.6. The van der Waals surface area contributed by atoms with Gasteiger partial charge in [0.1, 0.15) is 17.7 Å². The molecule has 1 aliphatic rings. The summed E-state index contributed by atoms with van der Waals surface area (Å²) in [4.78, 5) is 16.9. The van der Waals surface area contributed by atoms with Gasteiger partial charge in [0, 0.05) is 26.0 Å². The number of aromatic nitrogens is 2. The Morgan fingerprint density at radius 3 is 2.84 bits per heavy atom. The molecular weight excluding hydrogens is 366 g/mol. The second-order valence-corrected chi connectivity index (χ2v) is 5.94. The summed E-state index contributed by atoms with van der Waals surface area (Å²) in [5, 5.41) is 6.29. The van der Waals surface area contributed by atoms with Gasteiger partial charge in [-0.3, -0.25) is 4.79 Å². The molecule has 1 aromatic carbocycles. The van der Waals surface area contributed by atoms with E-state index in [1.807, 2.05) is 23.9 Å². The molecular formula is C17H23Cl2FN4O. The zero-order valence-electron chi connectivity index (χ0n) is 13.9. The fourth-order valence-electron chi connectivity index (χ4n) is 2.97. The van der Waals surface area contributed by atoms with Crippen molar-refractivity contribution in [3.63, 3.8) is 0 Å². The maximum Gasteiger partial charge on any atom is 0.225 e. The average molecular weight is 389 g/mol. The van der Waals surface area contributed by atoms with Gasteiger partial charge in [-0.2, -0.15) is 0 Å². The van der Waals surface area contributed by atoms with Crippen LogP contribution < -0.4 is 10.6 Å². The van der Waals surface area contributed by atoms with Crippen molar-refractivity contribution in [2.24, 2.45) is 13.0 Å². The first-order valence-corrected chi connectivity index (χ1v) is 7.89. The molecule has 8 heteroatoms. The second-order valence-electron chi connectivity index (χ2n) is 5.94. The summed E-state index contributed by atoms with van der Waals surface area (Å²) >= 11 is 0. The van der Waals surface area contributed by atoms with Crippen LogP contribution in [0.3, 0.4) is 0 Å². The van der Waals surface area contributed by atoms with E-state index < -0.39 is 6.04 Å². The van der Waals surface area contributed by atoms with Gasteiger partial charge >= 0.3 is 0 Å². The standard InChI is InChI=1S/C17H21FN4O.2ClH/c1-22-9-8-20-16(22)15(12-4-2-6-14(18)10-12)21-17(23)13-5-3-7-19-11-13;;/h2,4,6,8-10,13,15,19H,3,5,7,11H2,1H3,(H,21,23);2*1H. The van der Waals surface area contributed by atoms with Crippen LogP contribution in [0.4, 0.5) is 4.39 Å². The highest BCUT2D eigenvalue weighted by Crippen LogP contribution is 2.22. The molecule has 138 valence electrons. The summed E-state index contributed by atoms with van der Waals surface area (Å²) in [6, 6.07) is 5.83. The van der Waals surface area contributed by atoms with Gasteiger partial charge in [0.05, 0.1) is 5.92 Å². The van der Waals surface area contributed by atoms with Gasteiger partial charge in [-0.15, -0.1) is 24.8 Å². The molecule has 1 amide bonds. The topological polar surface area (TPSA) is 59.0 Å². The van der Waals surface area contributed by atoms with E-state index in [4.69, 9.17) is 0 Å². The Hall–Kier alpha value is -1.63. The summed E-state index contributed by atoms with van der Waals surface area (Å²) in [6.07, 6.45) is 5.35. The fraction of sp³-hybridized carbons (Fsp3) is 0.412. The predicted octanol–water partition coefficient (Wildman–Crippen LogP) is 2.61. The second kappa shape index (κ2) is 9.75. The number of piperidine rings is 1. The highest BCUT2D eigenvalue weighted by Gasteiger charge is 2.26. The number of aryl methyl sites for hydroxylation is 1. The molecule has 1 aromatic heterocycles. The number of hydrogen-bond acceptors (Lipinski definition) is 3. The molecule has 2 N–H and O–H groups in total. The normalized spacial score (nSPS) is 17.8. The highest BCUT2D eigenvalue weighted by atomic mass is 35.5. The third kappa shape index (κ3) is 5.17. The van der Waals surface area contributed by atoms with Crippen molar-refractivity contribution in [1.82, 2.24) is 20.2 Å². The molecule has 2 unspecified atom stereocenters. The number of nitrogens with zero attached hydrogens (tertiary/aromatic N) is 2. The van der Waals surface area contributed by atoms with Crippen LogP contribution in [0, 0.1) is 11.7 Å². The smallest absolute Gasteiger partial charge is 0.225 e. The number of carbonyl (C=O) groups excluding carboxylic acids is 1. The molecule has 1 fully saturated rings. The quantitative estimate of drug-likeness (QED) is 0.845. The molecule has 3 rings (SSSR count). The van der Waals surface area contributed by atoms with Crippen LogP contribution in [0.25, 0.3) is 0 Å². The number of imidazole rings is 1. The lowest BCUT2D eigenvalue weighted by atomic mass is 9.97. The van der Waals surface area contributed by atoms with Crippen molar-refractivity contribution in [1.29, 1.82) is 0 Å². The monoisotopic (exact) mass is 388 g/mol. The van der Waals surface area contributed by atoms with Gasteiger partial charge in [-0.25, -0.2) is 9.37 Å². The molecule has 2 aromatic rings. The van der Waals surface area contributed by atoms with Crippen LogP contribution in [0.5, 0.6) is 0 Å². The number of amides is 1. The van der Waals surface area contributed by atoms with Gasteiger partial charge in [0.2, 0.25) is 5.91 Å². The summed E-state index contributed by atoms with van der Waals surface area (Å²) < 4.78 is 15.5. The number of benzene rings is 1. The minimum absolute atomic E-state index is 0. The summed E-state index contributed by atoms with van der Waals surface area (Å²) in [7, 11) is 1.86. The van der Waals surface area contributed by atoms with E-state index in [0.717, 1.165) is 19.4 Å². The van der Waals surface area contributed by atoms with Crippen LogP contribution >= 0.6 is 24.8 Å². The Morgan fingerprint density at radius 2 is 2.24 bits per heavy atom. The zero-order chi connectivity index (χ0) is 16.2. The Labute approximate surface area is 159 Å². The van der Waals surface area contributed by atoms with Gasteiger partial charge in [-0.1, -0.05) is 12.1 Å². The van der Waals surface area contributed by atoms with E-state index in [1.165, 1.54) is 12.1 Å². The van der Waals surface area contributed by atoms with E-state index in [2.05, 4.69) is 15.6 Å². The summed E-state index contributed by atoms with van der Waals surface area (Å²) in [5.41, 5.74) is 0.691. The van der Waals surface area contributed by atoms with Crippen LogP contribution in [0.1, 0.15) is 30.3 Å². The largest absolute Gasteiger partial charge is 0.342 e. The van der Waals surface area contributed by atoms with Crippen LogP contribution in [0.15, 0.2) is 36.7 Å². The van der Waals surface area contributed by atoms with Gasteiger partial charge in [0.25, 0.3) is 0 Å². The van der Waals surface area contributed by atoms with E-state index in [1.54, 1.807) is 12.3 Å². The maximum atomic E-state index is 13.6. The van der Waals surface area contributed by atoms with Crippen molar-refractivity contribution >= 4 is 30.7 Å². The zero-order valence-corrected chi connectivity index (χ0v) is 15.6. The minimum atomic E-state index is -0.458. The van der Waals surface area contributed by atoms with E-state index in [9.17, 15) is 9.18 Å². The molecule has 0 saturated carbocycles. The lowest BCUT2D eigenvalue weighted by Crippen LogP contribution is -2.42. The third-order valence-electron chi connectivity index (χ3n) is 4.25. The first-order chi connectivity index (χ1) is 11.1. The first kappa shape index (κ1) is 21.4. The number of halogens is 3. The molecule has 0 aliphatic carbocycles. The molecule has 0 radical (unpaired) electrons. The van der Waals surface area contributed by atoms with Gasteiger partial charge in [-0.05, 0) is 37.1 Å².